The Kier molecular flexibility index (Phi) is 8.60. The molecule has 8 nitrogen and oxygen atoms in total. The van der Waals surface area contributed by atoms with Crippen molar-refractivity contribution in [1.29, 1.82) is 0 Å². The summed E-state index contributed by atoms with van der Waals surface area (Å²) in [5.41, 5.74) is 8.39. The number of aromatic nitrogens is 3. The van der Waals surface area contributed by atoms with Gasteiger partial charge >= 0.3 is 0 Å². The van der Waals surface area contributed by atoms with Crippen molar-refractivity contribution in [1.82, 2.24) is 15.0 Å². The van der Waals surface area contributed by atoms with E-state index in [4.69, 9.17) is 9.72 Å². The highest BCUT2D eigenvalue weighted by molar-refractivity contribution is 5.96. The Bertz CT molecular complexity index is 1200. The van der Waals surface area contributed by atoms with Gasteiger partial charge in [-0.15, -0.1) is 0 Å². The van der Waals surface area contributed by atoms with Crippen molar-refractivity contribution in [3.63, 3.8) is 0 Å². The molecule has 3 aromatic rings. The highest BCUT2D eigenvalue weighted by Crippen LogP contribution is 2.36. The second-order valence-corrected chi connectivity index (χ2v) is 8.95. The Morgan fingerprint density at radius 1 is 1.08 bits per heavy atom. The molecular weight excluding hydrogens is 450 g/mol. The maximum absolute atomic E-state index is 6.02. The minimum Gasteiger partial charge on any atom is -0.477 e. The molecule has 0 amide bonds. The molecule has 36 heavy (non-hydrogen) atoms. The third-order valence-electron chi connectivity index (χ3n) is 6.14. The zero-order valence-electron chi connectivity index (χ0n) is 21.6. The number of nitrogens with one attached hydrogen (secondary N) is 1. The topological polar surface area (TPSA) is 87.9 Å². The average molecular weight is 486 g/mol. The van der Waals surface area contributed by atoms with Gasteiger partial charge in [-0.05, 0) is 55.7 Å². The molecule has 1 atom stereocenters. The Morgan fingerprint density at radius 3 is 2.67 bits per heavy atom. The van der Waals surface area contributed by atoms with Gasteiger partial charge in [0.15, 0.2) is 5.82 Å². The summed E-state index contributed by atoms with van der Waals surface area (Å²) in [5.74, 6) is 2.20. The van der Waals surface area contributed by atoms with Gasteiger partial charge in [0.2, 0.25) is 5.88 Å². The third kappa shape index (κ3) is 6.44. The van der Waals surface area contributed by atoms with E-state index >= 15 is 0 Å². The van der Waals surface area contributed by atoms with Gasteiger partial charge in [0.1, 0.15) is 5.82 Å². The highest BCUT2D eigenvalue weighted by Gasteiger charge is 2.20. The minimum absolute atomic E-state index is 0.319. The van der Waals surface area contributed by atoms with Crippen molar-refractivity contribution in [3.05, 3.63) is 65.7 Å². The van der Waals surface area contributed by atoms with Gasteiger partial charge in [0, 0.05) is 49.1 Å². The van der Waals surface area contributed by atoms with Crippen molar-refractivity contribution >= 4 is 29.1 Å². The second-order valence-electron chi connectivity index (χ2n) is 8.95. The number of fused-ring (bicyclic) bond motifs is 1. The summed E-state index contributed by atoms with van der Waals surface area (Å²) in [4.78, 5) is 20.6. The van der Waals surface area contributed by atoms with Crippen LogP contribution in [0, 0.1) is 0 Å². The number of pyridine rings is 1. The molecule has 0 saturated heterocycles. The first-order valence-electron chi connectivity index (χ1n) is 12.7. The Morgan fingerprint density at radius 2 is 1.92 bits per heavy atom. The lowest BCUT2D eigenvalue weighted by Crippen LogP contribution is -2.26. The van der Waals surface area contributed by atoms with Crippen molar-refractivity contribution in [2.24, 2.45) is 10.1 Å². The highest BCUT2D eigenvalue weighted by atomic mass is 16.5. The Balaban J connectivity index is 1.49. The number of aliphatic imine (C=N–C) groups is 1. The van der Waals surface area contributed by atoms with Gasteiger partial charge in [-0.25, -0.2) is 4.98 Å². The number of anilines is 2. The number of rotatable bonds is 12. The standard InChI is InChI=1S/C28H35N7O/c1-5-14-35(15-6-2)27-18-28(36-16-12-22-9-7-8-13-29-22)33-26(32-27)19-30-34-23-10-11-25-24(17-23)20(3)21(4)31-25/h7-11,13,17-20,34H,5-6,12,14-16H2,1-4H3/b30-19+. The van der Waals surface area contributed by atoms with Crippen LogP contribution in [-0.2, 0) is 6.42 Å². The lowest BCUT2D eigenvalue weighted by Gasteiger charge is -2.23. The van der Waals surface area contributed by atoms with Crippen LogP contribution in [-0.4, -0.2) is 46.6 Å². The first-order valence-corrected chi connectivity index (χ1v) is 12.7. The summed E-state index contributed by atoms with van der Waals surface area (Å²) < 4.78 is 6.02. The maximum atomic E-state index is 6.02. The molecular formula is C28H35N7O. The van der Waals surface area contributed by atoms with Gasteiger partial charge in [0.05, 0.1) is 24.2 Å². The summed E-state index contributed by atoms with van der Waals surface area (Å²) in [5, 5.41) is 4.42. The molecule has 0 radical (unpaired) electrons. The molecule has 0 fully saturated rings. The van der Waals surface area contributed by atoms with Crippen LogP contribution in [0.2, 0.25) is 0 Å². The minimum atomic E-state index is 0.319. The van der Waals surface area contributed by atoms with Crippen molar-refractivity contribution < 1.29 is 4.74 Å². The molecule has 0 aliphatic carbocycles. The zero-order valence-corrected chi connectivity index (χ0v) is 21.6. The summed E-state index contributed by atoms with van der Waals surface area (Å²) in [6.45, 7) is 10.9. The Labute approximate surface area is 213 Å². The van der Waals surface area contributed by atoms with Crippen LogP contribution in [0.15, 0.2) is 58.8 Å². The molecule has 3 heterocycles. The van der Waals surface area contributed by atoms with E-state index in [0.717, 1.165) is 54.5 Å². The van der Waals surface area contributed by atoms with Gasteiger partial charge in [-0.3, -0.25) is 15.4 Å². The molecule has 0 spiro atoms. The molecule has 1 aliphatic heterocycles. The summed E-state index contributed by atoms with van der Waals surface area (Å²) in [6.07, 6.45) is 6.21. The van der Waals surface area contributed by atoms with Gasteiger partial charge < -0.3 is 9.64 Å². The summed E-state index contributed by atoms with van der Waals surface area (Å²) in [7, 11) is 0. The smallest absolute Gasteiger partial charge is 0.219 e. The molecule has 2 aromatic heterocycles. The predicted molar refractivity (Wildman–Crippen MR) is 147 cm³/mol. The van der Waals surface area contributed by atoms with E-state index < -0.39 is 0 Å². The van der Waals surface area contributed by atoms with Crippen LogP contribution in [0.4, 0.5) is 17.2 Å². The monoisotopic (exact) mass is 485 g/mol. The Hall–Kier alpha value is -3.81. The summed E-state index contributed by atoms with van der Waals surface area (Å²) in [6, 6.07) is 13.9. The molecule has 4 rings (SSSR count). The summed E-state index contributed by atoms with van der Waals surface area (Å²) >= 11 is 0. The van der Waals surface area contributed by atoms with Gasteiger partial charge in [0.25, 0.3) is 0 Å². The quantitative estimate of drug-likeness (QED) is 0.259. The second kappa shape index (κ2) is 12.2. The number of hydrogen-bond acceptors (Lipinski definition) is 8. The predicted octanol–water partition coefficient (Wildman–Crippen LogP) is 5.78. The van der Waals surface area contributed by atoms with Gasteiger partial charge in [-0.2, -0.15) is 10.1 Å². The fourth-order valence-electron chi connectivity index (χ4n) is 4.16. The molecule has 1 aromatic carbocycles. The van der Waals surface area contributed by atoms with Crippen molar-refractivity contribution in [2.75, 3.05) is 30.0 Å². The lowest BCUT2D eigenvalue weighted by atomic mass is 9.98. The van der Waals surface area contributed by atoms with E-state index in [1.165, 1.54) is 5.56 Å². The fourth-order valence-corrected chi connectivity index (χ4v) is 4.16. The van der Waals surface area contributed by atoms with Crippen LogP contribution in [0.25, 0.3) is 0 Å². The van der Waals surface area contributed by atoms with Crippen LogP contribution in [0.5, 0.6) is 5.88 Å². The molecule has 188 valence electrons. The normalized spacial score (nSPS) is 14.6. The van der Waals surface area contributed by atoms with Crippen LogP contribution in [0.3, 0.4) is 0 Å². The number of benzene rings is 1. The average Bonchev–Trinajstić information content (AvgIpc) is 3.17. The molecule has 1 unspecified atom stereocenters. The molecule has 1 N–H and O–H groups in total. The number of hydrogen-bond donors (Lipinski definition) is 1. The van der Waals surface area contributed by atoms with Crippen molar-refractivity contribution in [3.8, 4) is 5.88 Å². The largest absolute Gasteiger partial charge is 0.477 e. The van der Waals surface area contributed by atoms with E-state index in [0.29, 0.717) is 30.7 Å². The fraction of sp³-hybridized carbons (Fsp3) is 0.393. The van der Waals surface area contributed by atoms with Crippen LogP contribution < -0.4 is 15.1 Å². The van der Waals surface area contributed by atoms with E-state index in [1.807, 2.05) is 36.4 Å². The first kappa shape index (κ1) is 25.3. The van der Waals surface area contributed by atoms with E-state index in [9.17, 15) is 0 Å². The SMILES string of the molecule is CCCN(CCC)c1cc(OCCc2ccccn2)nc(/C=N/Nc2ccc3c(c2)C(C)C(C)=N3)n1. The van der Waals surface area contributed by atoms with Gasteiger partial charge in [-0.1, -0.05) is 26.8 Å². The molecule has 8 heteroatoms. The number of hydrazone groups is 1. The molecule has 0 saturated carbocycles. The van der Waals surface area contributed by atoms with E-state index in [-0.39, 0.29) is 0 Å². The third-order valence-corrected chi connectivity index (χ3v) is 6.14. The first-order chi connectivity index (χ1) is 17.6. The number of nitrogens with zero attached hydrogens (tertiary/aromatic N) is 6. The lowest BCUT2D eigenvalue weighted by molar-refractivity contribution is 0.307. The zero-order chi connectivity index (χ0) is 25.3. The maximum Gasteiger partial charge on any atom is 0.219 e. The van der Waals surface area contributed by atoms with Crippen LogP contribution in [0.1, 0.15) is 63.5 Å². The van der Waals surface area contributed by atoms with E-state index in [2.05, 4.69) is 64.1 Å². The molecule has 1 aliphatic rings. The number of ether oxygens (including phenoxy) is 1. The van der Waals surface area contributed by atoms with Crippen molar-refractivity contribution in [2.45, 2.75) is 52.9 Å². The molecule has 0 bridgehead atoms. The van der Waals surface area contributed by atoms with Crippen LogP contribution >= 0.6 is 0 Å². The van der Waals surface area contributed by atoms with E-state index in [1.54, 1.807) is 12.4 Å².